The van der Waals surface area contributed by atoms with Crippen LogP contribution in [-0.2, 0) is 18.5 Å². The van der Waals surface area contributed by atoms with Crippen LogP contribution in [0.1, 0.15) is 55.6 Å². The van der Waals surface area contributed by atoms with Crippen molar-refractivity contribution in [2.45, 2.75) is 60.1 Å². The van der Waals surface area contributed by atoms with Crippen LogP contribution in [0.2, 0.25) is 0 Å². The highest BCUT2D eigenvalue weighted by atomic mass is 19.4. The fourth-order valence-corrected chi connectivity index (χ4v) is 14.6. The van der Waals surface area contributed by atoms with Crippen molar-refractivity contribution in [3.05, 3.63) is 286 Å². The molecule has 14 heteroatoms. The Bertz CT molecular complexity index is 5680. The third kappa shape index (κ3) is 9.85. The van der Waals surface area contributed by atoms with Gasteiger partial charge < -0.3 is 18.3 Å². The third-order valence-corrected chi connectivity index (χ3v) is 18.6. The molecule has 0 saturated heterocycles. The number of halogens is 9. The highest BCUT2D eigenvalue weighted by Gasteiger charge is 2.42. The van der Waals surface area contributed by atoms with E-state index >= 15 is 13.2 Å². The second-order valence-electron chi connectivity index (χ2n) is 24.9. The Morgan fingerprint density at radius 3 is 0.833 bits per heavy atom. The quantitative estimate of drug-likeness (QED) is 0.153. The topological polar surface area (TPSA) is 43.5 Å². The fourth-order valence-electron chi connectivity index (χ4n) is 14.6. The third-order valence-electron chi connectivity index (χ3n) is 18.6. The highest BCUT2D eigenvalue weighted by molar-refractivity contribution is 6.13. The van der Waals surface area contributed by atoms with Crippen molar-refractivity contribution in [2.24, 2.45) is 0 Å². The van der Waals surface area contributed by atoms with Crippen LogP contribution in [0.15, 0.2) is 231 Å². The largest absolute Gasteiger partial charge is 0.420 e. The van der Waals surface area contributed by atoms with Crippen LogP contribution in [-0.4, -0.2) is 18.3 Å². The second-order valence-corrected chi connectivity index (χ2v) is 24.9. The SMILES string of the molecule is Cc1ccc2c3ccccc3n(-c3cc(-c4c(C)cccc4C(F)(F)F)cc(-n4c5ccccc5c5ccc(C)cc54)c3C#N)c2c1.Cc1ccc2c3ccccc3n(-c3cc(-c4c(C)cccc4C(F)(F)F)cc(-n4c5ccccc5c5ccc(C)cc54)c3C(F)(F)F)c2c1. The summed E-state index contributed by atoms with van der Waals surface area (Å²) in [6.07, 6.45) is -14.2. The number of nitriles is 1. The van der Waals surface area contributed by atoms with E-state index in [1.54, 1.807) is 71.5 Å². The molecule has 0 aliphatic heterocycles. The summed E-state index contributed by atoms with van der Waals surface area (Å²) in [6.45, 7) is 11.0. The van der Waals surface area contributed by atoms with Crippen LogP contribution in [0.3, 0.4) is 0 Å². The van der Waals surface area contributed by atoms with Crippen molar-refractivity contribution in [3.63, 3.8) is 0 Å². The lowest BCUT2D eigenvalue weighted by Crippen LogP contribution is -2.17. The Labute approximate surface area is 544 Å². The zero-order valence-electron chi connectivity index (χ0n) is 52.6. The summed E-state index contributed by atoms with van der Waals surface area (Å²) in [4.78, 5) is 0. The summed E-state index contributed by atoms with van der Waals surface area (Å²) >= 11 is 0. The summed E-state index contributed by atoms with van der Waals surface area (Å²) in [5.74, 6) is 0. The molecule has 16 aromatic rings. The van der Waals surface area contributed by atoms with E-state index in [4.69, 9.17) is 0 Å². The molecule has 96 heavy (non-hydrogen) atoms. The van der Waals surface area contributed by atoms with Crippen molar-refractivity contribution in [2.75, 3.05) is 0 Å². The van der Waals surface area contributed by atoms with E-state index in [2.05, 4.69) is 42.5 Å². The van der Waals surface area contributed by atoms with E-state index in [0.29, 0.717) is 55.7 Å². The molecule has 0 aliphatic carbocycles. The van der Waals surface area contributed by atoms with Crippen molar-refractivity contribution in [1.29, 1.82) is 5.26 Å². The van der Waals surface area contributed by atoms with E-state index in [1.807, 2.05) is 146 Å². The summed E-state index contributed by atoms with van der Waals surface area (Å²) < 4.78 is 143. The molecule has 12 aromatic carbocycles. The maximum absolute atomic E-state index is 15.9. The number of alkyl halides is 9. The first-order valence-corrected chi connectivity index (χ1v) is 31.2. The van der Waals surface area contributed by atoms with Gasteiger partial charge in [-0.15, -0.1) is 0 Å². The number of benzene rings is 12. The summed E-state index contributed by atoms with van der Waals surface area (Å²) in [5.41, 5.74) is 8.73. The minimum absolute atomic E-state index is 0.0283. The lowest BCUT2D eigenvalue weighted by molar-refractivity contribution is -0.138. The number of hydrogen-bond donors (Lipinski definition) is 0. The minimum atomic E-state index is -4.91. The molecule has 0 spiro atoms. The predicted molar refractivity (Wildman–Crippen MR) is 369 cm³/mol. The van der Waals surface area contributed by atoms with Crippen molar-refractivity contribution < 1.29 is 39.5 Å². The molecule has 4 aromatic heterocycles. The Morgan fingerprint density at radius 2 is 0.552 bits per heavy atom. The monoisotopic (exact) mass is 1280 g/mol. The van der Waals surface area contributed by atoms with E-state index in [9.17, 15) is 31.6 Å². The number of fused-ring (bicyclic) bond motifs is 12. The van der Waals surface area contributed by atoms with Crippen LogP contribution in [0, 0.1) is 52.9 Å². The molecular weight excluding hydrogens is 1230 g/mol. The number of nitrogens with zero attached hydrogens (tertiary/aromatic N) is 5. The maximum Gasteiger partial charge on any atom is 0.420 e. The van der Waals surface area contributed by atoms with Gasteiger partial charge in [-0.25, -0.2) is 0 Å². The first kappa shape index (κ1) is 60.9. The van der Waals surface area contributed by atoms with Gasteiger partial charge in [0.2, 0.25) is 0 Å². The molecule has 0 N–H and O–H groups in total. The number of aryl methyl sites for hydroxylation is 6. The molecule has 0 unspecified atom stereocenters. The second kappa shape index (κ2) is 22.4. The zero-order chi connectivity index (χ0) is 67.0. The molecule has 0 aliphatic rings. The number of rotatable bonds is 6. The van der Waals surface area contributed by atoms with Crippen LogP contribution in [0.25, 0.3) is 132 Å². The Hall–Kier alpha value is -11.3. The van der Waals surface area contributed by atoms with Gasteiger partial charge in [0.15, 0.2) is 0 Å². The first-order valence-electron chi connectivity index (χ1n) is 31.2. The molecule has 16 rings (SSSR count). The van der Waals surface area contributed by atoms with Crippen molar-refractivity contribution in [3.8, 4) is 51.1 Å². The maximum atomic E-state index is 15.9. The highest BCUT2D eigenvalue weighted by Crippen LogP contribution is 2.50. The number of para-hydroxylation sites is 4. The molecule has 0 amide bonds. The Balaban J connectivity index is 0.000000158. The zero-order valence-corrected chi connectivity index (χ0v) is 52.6. The van der Waals surface area contributed by atoms with Gasteiger partial charge in [0.05, 0.1) is 78.0 Å². The molecule has 472 valence electrons. The van der Waals surface area contributed by atoms with Crippen molar-refractivity contribution in [1.82, 2.24) is 18.3 Å². The molecule has 5 nitrogen and oxygen atoms in total. The molecule has 0 saturated carbocycles. The van der Waals surface area contributed by atoms with Gasteiger partial charge in [-0.3, -0.25) is 0 Å². The molecular formula is C82H56F9N5. The molecule has 0 bridgehead atoms. The average Bonchev–Trinajstić information content (AvgIpc) is 1.53. The van der Waals surface area contributed by atoms with E-state index in [-0.39, 0.29) is 28.1 Å². The molecule has 4 heterocycles. The Kier molecular flexibility index (Phi) is 14.2. The predicted octanol–water partition coefficient (Wildman–Crippen LogP) is 23.9. The van der Waals surface area contributed by atoms with Crippen LogP contribution in [0.4, 0.5) is 39.5 Å². The van der Waals surface area contributed by atoms with E-state index in [1.165, 1.54) is 24.3 Å². The van der Waals surface area contributed by atoms with Crippen LogP contribution in [0.5, 0.6) is 0 Å². The normalized spacial score (nSPS) is 12.3. The van der Waals surface area contributed by atoms with Gasteiger partial charge in [-0.2, -0.15) is 44.8 Å². The summed E-state index contributed by atoms with van der Waals surface area (Å²) in [6, 6.07) is 70.5. The fraction of sp³-hybridized carbons (Fsp3) is 0.110. The first-order chi connectivity index (χ1) is 46.0. The van der Waals surface area contributed by atoms with Crippen LogP contribution >= 0.6 is 0 Å². The van der Waals surface area contributed by atoms with Gasteiger partial charge in [-0.05, 0) is 182 Å². The average molecular weight is 1280 g/mol. The lowest BCUT2D eigenvalue weighted by atomic mass is 9.92. The summed E-state index contributed by atoms with van der Waals surface area (Å²) in [5, 5.41) is 18.0. The van der Waals surface area contributed by atoms with Gasteiger partial charge in [0.25, 0.3) is 0 Å². The Morgan fingerprint density at radius 1 is 0.281 bits per heavy atom. The van der Waals surface area contributed by atoms with E-state index < -0.39 is 35.2 Å². The van der Waals surface area contributed by atoms with E-state index in [0.717, 1.165) is 99.5 Å². The minimum Gasteiger partial charge on any atom is -0.309 e. The van der Waals surface area contributed by atoms with Gasteiger partial charge in [0, 0.05) is 43.1 Å². The number of aromatic nitrogens is 4. The standard InChI is InChI=1S/C41H28F6N2.C41H28F3N3/c1-23-15-17-29-27-10-4-6-13-32(27)48(34(29)19-23)36-21-26(38-25(3)9-8-12-31(38)40(42,43)44)22-37(39(36)41(45,46)47)49-33-14-7-5-11-28(33)30-18-16-24(2)20-35(30)49;1-24-15-17-30-28-10-4-6-13-34(28)46(36(30)19-24)38-21-27(40-26(3)9-8-12-33(40)41(42,43)44)22-39(32(38)23-45)47-35-14-7-5-11-29(35)31-18-16-25(2)20-37(31)47/h4-22H,1-3H3;4-22H,1-3H3. The van der Waals surface area contributed by atoms with Crippen LogP contribution < -0.4 is 0 Å². The number of hydrogen-bond acceptors (Lipinski definition) is 1. The molecule has 0 atom stereocenters. The van der Waals surface area contributed by atoms with Crippen molar-refractivity contribution >= 4 is 87.2 Å². The molecule has 0 fully saturated rings. The smallest absolute Gasteiger partial charge is 0.309 e. The van der Waals surface area contributed by atoms with Gasteiger partial charge in [0.1, 0.15) is 17.2 Å². The van der Waals surface area contributed by atoms with Gasteiger partial charge in [-0.1, -0.05) is 146 Å². The van der Waals surface area contributed by atoms with Gasteiger partial charge >= 0.3 is 18.5 Å². The molecule has 0 radical (unpaired) electrons. The summed E-state index contributed by atoms with van der Waals surface area (Å²) in [7, 11) is 0. The lowest BCUT2D eigenvalue weighted by Gasteiger charge is -2.24.